The molecule has 0 fully saturated rings. The van der Waals surface area contributed by atoms with Gasteiger partial charge < -0.3 is 9.47 Å². The van der Waals surface area contributed by atoms with Crippen molar-refractivity contribution in [3.05, 3.63) is 48.0 Å². The summed E-state index contributed by atoms with van der Waals surface area (Å²) >= 11 is 0. The lowest BCUT2D eigenvalue weighted by atomic mass is 10.0. The van der Waals surface area contributed by atoms with Gasteiger partial charge in [0.15, 0.2) is 11.5 Å². The Kier molecular flexibility index (Phi) is 5.46. The summed E-state index contributed by atoms with van der Waals surface area (Å²) in [5.41, 5.74) is 1.63. The first-order valence-electron chi connectivity index (χ1n) is 7.28. The Bertz CT molecular complexity index is 832. The van der Waals surface area contributed by atoms with Crippen molar-refractivity contribution >= 4 is 15.9 Å². The number of carbonyl (C=O) groups excluding carboxylic acids is 1. The van der Waals surface area contributed by atoms with Crippen LogP contribution in [0.25, 0.3) is 11.1 Å². The highest BCUT2D eigenvalue weighted by Crippen LogP contribution is 2.39. The van der Waals surface area contributed by atoms with E-state index in [2.05, 4.69) is 0 Å². The maximum atomic E-state index is 12.2. The second kappa shape index (κ2) is 7.35. The third-order valence-corrected chi connectivity index (χ3v) is 3.74. The number of hydrogen-bond acceptors (Lipinski definition) is 5. The molecule has 1 N–H and O–H groups in total. The predicted octanol–water partition coefficient (Wildman–Crippen LogP) is 2.45. The third kappa shape index (κ3) is 4.26. The zero-order valence-electron chi connectivity index (χ0n) is 13.7. The molecule has 128 valence electrons. The van der Waals surface area contributed by atoms with Gasteiger partial charge in [0.05, 0.1) is 20.0 Å². The van der Waals surface area contributed by atoms with Gasteiger partial charge in [0.1, 0.15) is 0 Å². The molecule has 2 rings (SSSR count). The van der Waals surface area contributed by atoms with Crippen LogP contribution in [0, 0.1) is 0 Å². The predicted molar refractivity (Wildman–Crippen MR) is 91.9 cm³/mol. The second-order valence-electron chi connectivity index (χ2n) is 5.06. The van der Waals surface area contributed by atoms with Crippen LogP contribution in [0.1, 0.15) is 17.3 Å². The first-order valence-corrected chi connectivity index (χ1v) is 9.17. The molecule has 2 aromatic rings. The van der Waals surface area contributed by atoms with Gasteiger partial charge in [-0.15, -0.1) is 0 Å². The highest BCUT2D eigenvalue weighted by Gasteiger charge is 2.19. The zero-order chi connectivity index (χ0) is 17.7. The molecule has 0 atom stereocenters. The van der Waals surface area contributed by atoms with Crippen LogP contribution in [0.4, 0.5) is 0 Å². The molecule has 7 heteroatoms. The number of amides is 1. The van der Waals surface area contributed by atoms with E-state index in [1.807, 2.05) is 42.0 Å². The van der Waals surface area contributed by atoms with Crippen molar-refractivity contribution in [2.45, 2.75) is 6.92 Å². The fraction of sp³-hybridized carbons (Fsp3) is 0.235. The van der Waals surface area contributed by atoms with E-state index >= 15 is 0 Å². The first-order chi connectivity index (χ1) is 11.4. The van der Waals surface area contributed by atoms with Gasteiger partial charge in [0.2, 0.25) is 10.0 Å². The molecule has 0 aliphatic rings. The van der Waals surface area contributed by atoms with Crippen molar-refractivity contribution in [2.24, 2.45) is 0 Å². The normalized spacial score (nSPS) is 11.0. The summed E-state index contributed by atoms with van der Waals surface area (Å²) in [6, 6.07) is 12.4. The molecule has 2 aromatic carbocycles. The lowest BCUT2D eigenvalue weighted by molar-refractivity contribution is 0.0981. The van der Waals surface area contributed by atoms with Crippen LogP contribution in [-0.2, 0) is 10.0 Å². The molecule has 0 aromatic heterocycles. The summed E-state index contributed by atoms with van der Waals surface area (Å²) in [4.78, 5) is 12.2. The Hall–Kier alpha value is -2.54. The Labute approximate surface area is 141 Å². The summed E-state index contributed by atoms with van der Waals surface area (Å²) in [5, 5.41) is 0. The largest absolute Gasteiger partial charge is 0.492 e. The SMILES string of the molecule is CCOc1cc(C(=O)NS(C)(=O)=O)cc(-c2ccccc2)c1OC. The molecule has 0 heterocycles. The van der Waals surface area contributed by atoms with E-state index in [4.69, 9.17) is 9.47 Å². The minimum absolute atomic E-state index is 0.170. The summed E-state index contributed by atoms with van der Waals surface area (Å²) in [5.74, 6) is 0.136. The van der Waals surface area contributed by atoms with Crippen molar-refractivity contribution in [3.8, 4) is 22.6 Å². The van der Waals surface area contributed by atoms with Gasteiger partial charge >= 0.3 is 0 Å². The minimum Gasteiger partial charge on any atom is -0.492 e. The van der Waals surface area contributed by atoms with Crippen LogP contribution in [-0.4, -0.2) is 34.3 Å². The van der Waals surface area contributed by atoms with Gasteiger partial charge in [0.25, 0.3) is 5.91 Å². The molecule has 1 amide bonds. The lowest BCUT2D eigenvalue weighted by Crippen LogP contribution is -2.29. The van der Waals surface area contributed by atoms with E-state index in [1.165, 1.54) is 13.2 Å². The highest BCUT2D eigenvalue weighted by atomic mass is 32.2. The molecular formula is C17H19NO5S. The molecule has 0 spiro atoms. The summed E-state index contributed by atoms with van der Waals surface area (Å²) < 4.78 is 35.6. The van der Waals surface area contributed by atoms with E-state index < -0.39 is 15.9 Å². The van der Waals surface area contributed by atoms with Crippen LogP contribution in [0.15, 0.2) is 42.5 Å². The smallest absolute Gasteiger partial charge is 0.264 e. The molecule has 0 aliphatic carbocycles. The summed E-state index contributed by atoms with van der Waals surface area (Å²) in [6.07, 6.45) is 0.927. The van der Waals surface area contributed by atoms with Crippen LogP contribution in [0.5, 0.6) is 11.5 Å². The number of hydrogen-bond donors (Lipinski definition) is 1. The fourth-order valence-electron chi connectivity index (χ4n) is 2.27. The van der Waals surface area contributed by atoms with Crippen molar-refractivity contribution in [3.63, 3.8) is 0 Å². The summed E-state index contributed by atoms with van der Waals surface area (Å²) in [7, 11) is -2.15. The van der Waals surface area contributed by atoms with Crippen molar-refractivity contribution < 1.29 is 22.7 Å². The van der Waals surface area contributed by atoms with E-state index in [-0.39, 0.29) is 5.56 Å². The Morgan fingerprint density at radius 3 is 2.38 bits per heavy atom. The number of rotatable bonds is 6. The van der Waals surface area contributed by atoms with Gasteiger partial charge in [-0.3, -0.25) is 4.79 Å². The molecule has 0 radical (unpaired) electrons. The average molecular weight is 349 g/mol. The molecule has 0 unspecified atom stereocenters. The Balaban J connectivity index is 2.62. The van der Waals surface area contributed by atoms with Crippen molar-refractivity contribution in [2.75, 3.05) is 20.0 Å². The van der Waals surface area contributed by atoms with E-state index in [0.29, 0.717) is 23.7 Å². The van der Waals surface area contributed by atoms with Crippen LogP contribution < -0.4 is 14.2 Å². The fourth-order valence-corrected chi connectivity index (χ4v) is 2.72. The molecule has 24 heavy (non-hydrogen) atoms. The van der Waals surface area contributed by atoms with Gasteiger partial charge in [-0.2, -0.15) is 0 Å². The Morgan fingerprint density at radius 1 is 1.17 bits per heavy atom. The number of benzene rings is 2. The number of ether oxygens (including phenoxy) is 2. The van der Waals surface area contributed by atoms with Crippen molar-refractivity contribution in [1.29, 1.82) is 0 Å². The van der Waals surface area contributed by atoms with Crippen LogP contribution >= 0.6 is 0 Å². The first kappa shape index (κ1) is 17.8. The molecule has 0 saturated heterocycles. The topological polar surface area (TPSA) is 81.7 Å². The number of methoxy groups -OCH3 is 1. The van der Waals surface area contributed by atoms with Crippen LogP contribution in [0.2, 0.25) is 0 Å². The second-order valence-corrected chi connectivity index (χ2v) is 6.81. The zero-order valence-corrected chi connectivity index (χ0v) is 14.5. The lowest BCUT2D eigenvalue weighted by Gasteiger charge is -2.16. The number of carbonyl (C=O) groups is 1. The van der Waals surface area contributed by atoms with E-state index in [9.17, 15) is 13.2 Å². The van der Waals surface area contributed by atoms with E-state index in [1.54, 1.807) is 6.07 Å². The standard InChI is InChI=1S/C17H19NO5S/c1-4-23-15-11-13(17(19)18-24(3,20)21)10-14(16(15)22-2)12-8-6-5-7-9-12/h5-11H,4H2,1-3H3,(H,18,19). The molecule has 0 saturated carbocycles. The quantitative estimate of drug-likeness (QED) is 0.866. The highest BCUT2D eigenvalue weighted by molar-refractivity contribution is 7.89. The van der Waals surface area contributed by atoms with Gasteiger partial charge in [-0.1, -0.05) is 30.3 Å². The average Bonchev–Trinajstić information content (AvgIpc) is 2.53. The molecule has 6 nitrogen and oxygen atoms in total. The van der Waals surface area contributed by atoms with E-state index in [0.717, 1.165) is 11.8 Å². The van der Waals surface area contributed by atoms with Crippen LogP contribution in [0.3, 0.4) is 0 Å². The molecular weight excluding hydrogens is 330 g/mol. The monoisotopic (exact) mass is 349 g/mol. The molecule has 0 aliphatic heterocycles. The molecule has 0 bridgehead atoms. The maximum Gasteiger partial charge on any atom is 0.264 e. The maximum absolute atomic E-state index is 12.2. The van der Waals surface area contributed by atoms with Gasteiger partial charge in [-0.25, -0.2) is 13.1 Å². The van der Waals surface area contributed by atoms with Gasteiger partial charge in [0, 0.05) is 11.1 Å². The number of sulfonamides is 1. The minimum atomic E-state index is -3.66. The van der Waals surface area contributed by atoms with Crippen molar-refractivity contribution in [1.82, 2.24) is 4.72 Å². The van der Waals surface area contributed by atoms with Gasteiger partial charge in [-0.05, 0) is 24.6 Å². The number of nitrogens with one attached hydrogen (secondary N) is 1. The Morgan fingerprint density at radius 2 is 1.83 bits per heavy atom. The third-order valence-electron chi connectivity index (χ3n) is 3.18. The summed E-state index contributed by atoms with van der Waals surface area (Å²) in [6.45, 7) is 2.19.